The van der Waals surface area contributed by atoms with Gasteiger partial charge >= 0.3 is 0 Å². The van der Waals surface area contributed by atoms with Crippen molar-refractivity contribution in [2.24, 2.45) is 0 Å². The Labute approximate surface area is 377 Å². The second-order valence-corrected chi connectivity index (χ2v) is 18.9. The standard InChI is InChI=1S/C48H93NO12S/c1-3-5-7-9-11-13-15-17-18-19-20-21-22-23-25-27-29-31-33-35-37-42(52)47(55)49-40(41(51)36-34-32-30-28-26-24-16-14-12-10-8-6-4-2)39-59-48-45(54)46(61-62(56,57)58)44(53)43(38-50)60-48/h34,36,40-46,48,50-54H,3-33,35,37-39H2,1-2H3,(H,49,55)(H,56,57,58)/p-1/b36-34+/t40-,41+,42+,43+,44-,45+,46-,48+/m0/s1. The predicted molar refractivity (Wildman–Crippen MR) is 245 cm³/mol. The summed E-state index contributed by atoms with van der Waals surface area (Å²) in [5, 5.41) is 55.2. The number of aliphatic hydroxyl groups is 5. The number of aliphatic hydroxyl groups excluding tert-OH is 5. The second-order valence-electron chi connectivity index (χ2n) is 17.9. The molecule has 368 valence electrons. The molecular formula is C48H92NO12S-. The normalized spacial score (nSPS) is 21.1. The largest absolute Gasteiger partial charge is 0.726 e. The van der Waals surface area contributed by atoms with Crippen molar-refractivity contribution in [1.29, 1.82) is 0 Å². The second kappa shape index (κ2) is 39.0. The third kappa shape index (κ3) is 30.8. The fraction of sp³-hybridized carbons (Fsp3) is 0.938. The number of amides is 1. The zero-order valence-corrected chi connectivity index (χ0v) is 39.8. The van der Waals surface area contributed by atoms with Gasteiger partial charge in [-0.1, -0.05) is 219 Å². The van der Waals surface area contributed by atoms with Crippen molar-refractivity contribution in [2.75, 3.05) is 13.2 Å². The minimum atomic E-state index is -5.37. The van der Waals surface area contributed by atoms with E-state index in [2.05, 4.69) is 23.3 Å². The highest BCUT2D eigenvalue weighted by Gasteiger charge is 2.47. The van der Waals surface area contributed by atoms with Crippen molar-refractivity contribution >= 4 is 16.3 Å². The summed E-state index contributed by atoms with van der Waals surface area (Å²) in [7, 11) is -5.37. The first-order valence-corrected chi connectivity index (χ1v) is 26.5. The number of nitrogens with one attached hydrogen (secondary N) is 1. The van der Waals surface area contributed by atoms with Crippen LogP contribution < -0.4 is 5.32 Å². The van der Waals surface area contributed by atoms with Crippen LogP contribution in [-0.2, 0) is 28.9 Å². The van der Waals surface area contributed by atoms with Crippen LogP contribution in [0.4, 0.5) is 0 Å². The average Bonchev–Trinajstić information content (AvgIpc) is 3.24. The molecule has 0 saturated carbocycles. The van der Waals surface area contributed by atoms with Crippen molar-refractivity contribution < 1.29 is 57.0 Å². The van der Waals surface area contributed by atoms with Crippen LogP contribution in [0.1, 0.15) is 226 Å². The Morgan fingerprint density at radius 1 is 0.661 bits per heavy atom. The van der Waals surface area contributed by atoms with E-state index >= 15 is 0 Å². The van der Waals surface area contributed by atoms with Crippen molar-refractivity contribution in [2.45, 2.75) is 275 Å². The number of rotatable bonds is 43. The zero-order chi connectivity index (χ0) is 45.7. The quantitative estimate of drug-likeness (QED) is 0.0146. The van der Waals surface area contributed by atoms with Gasteiger partial charge in [-0.3, -0.25) is 8.98 Å². The van der Waals surface area contributed by atoms with Crippen LogP contribution in [0.15, 0.2) is 12.2 Å². The molecule has 0 bridgehead atoms. The lowest BCUT2D eigenvalue weighted by molar-refractivity contribution is -0.298. The van der Waals surface area contributed by atoms with E-state index in [1.807, 2.05) is 6.08 Å². The third-order valence-corrected chi connectivity index (χ3v) is 12.6. The monoisotopic (exact) mass is 907 g/mol. The molecule has 14 heteroatoms. The maximum Gasteiger partial charge on any atom is 0.249 e. The molecule has 1 aliphatic rings. The Kier molecular flexibility index (Phi) is 37.0. The summed E-state index contributed by atoms with van der Waals surface area (Å²) >= 11 is 0. The molecule has 0 spiro atoms. The lowest BCUT2D eigenvalue weighted by atomic mass is 9.99. The van der Waals surface area contributed by atoms with Crippen LogP contribution in [-0.4, -0.2) is 107 Å². The van der Waals surface area contributed by atoms with Crippen molar-refractivity contribution in [3.05, 3.63) is 12.2 Å². The van der Waals surface area contributed by atoms with E-state index in [0.717, 1.165) is 38.5 Å². The molecule has 1 saturated heterocycles. The Morgan fingerprint density at radius 2 is 1.06 bits per heavy atom. The number of ether oxygens (including phenoxy) is 2. The van der Waals surface area contributed by atoms with Crippen LogP contribution >= 0.6 is 0 Å². The molecule has 6 N–H and O–H groups in total. The maximum atomic E-state index is 13.1. The number of allylic oxidation sites excluding steroid dienone is 1. The summed E-state index contributed by atoms with van der Waals surface area (Å²) < 4.78 is 49.3. The van der Waals surface area contributed by atoms with Gasteiger partial charge in [0, 0.05) is 0 Å². The van der Waals surface area contributed by atoms with Gasteiger partial charge in [0.15, 0.2) is 6.29 Å². The number of carbonyl (C=O) groups excluding carboxylic acids is 1. The predicted octanol–water partition coefficient (Wildman–Crippen LogP) is 8.96. The average molecular weight is 907 g/mol. The molecule has 0 unspecified atom stereocenters. The van der Waals surface area contributed by atoms with Gasteiger partial charge in [0.1, 0.15) is 30.5 Å². The Balaban J connectivity index is 2.49. The summed E-state index contributed by atoms with van der Waals surface area (Å²) in [6, 6.07) is -1.13. The van der Waals surface area contributed by atoms with Gasteiger partial charge < -0.3 is 44.9 Å². The molecule has 0 radical (unpaired) electrons. The topological polar surface area (TPSA) is 215 Å². The summed E-state index contributed by atoms with van der Waals surface area (Å²) in [6.45, 7) is 3.19. The minimum absolute atomic E-state index is 0.242. The molecule has 1 rings (SSSR count). The van der Waals surface area contributed by atoms with E-state index in [1.165, 1.54) is 160 Å². The molecule has 13 nitrogen and oxygen atoms in total. The summed E-state index contributed by atoms with van der Waals surface area (Å²) in [4.78, 5) is 13.1. The molecule has 1 amide bonds. The van der Waals surface area contributed by atoms with E-state index in [4.69, 9.17) is 9.47 Å². The van der Waals surface area contributed by atoms with E-state index in [1.54, 1.807) is 0 Å². The van der Waals surface area contributed by atoms with E-state index in [0.29, 0.717) is 12.8 Å². The Morgan fingerprint density at radius 3 is 1.47 bits per heavy atom. The van der Waals surface area contributed by atoms with Crippen molar-refractivity contribution in [3.63, 3.8) is 0 Å². The van der Waals surface area contributed by atoms with E-state index in [-0.39, 0.29) is 6.42 Å². The molecule has 8 atom stereocenters. The summed E-state index contributed by atoms with van der Waals surface area (Å²) in [5.41, 5.74) is 0. The molecule has 1 heterocycles. The summed E-state index contributed by atoms with van der Waals surface area (Å²) in [6.07, 6.45) is 31.2. The molecule has 0 aromatic rings. The van der Waals surface area contributed by atoms with Gasteiger partial charge in [0.25, 0.3) is 0 Å². The zero-order valence-electron chi connectivity index (χ0n) is 39.0. The van der Waals surface area contributed by atoms with E-state index in [9.17, 15) is 43.3 Å². The molecule has 1 fully saturated rings. The summed E-state index contributed by atoms with van der Waals surface area (Å²) in [5.74, 6) is -0.707. The molecular weight excluding hydrogens is 815 g/mol. The lowest BCUT2D eigenvalue weighted by Crippen LogP contribution is -2.61. The Hall–Kier alpha value is -1.20. The Bertz CT molecular complexity index is 1180. The van der Waals surface area contributed by atoms with Crippen LogP contribution in [0.3, 0.4) is 0 Å². The number of hydrogen-bond donors (Lipinski definition) is 6. The van der Waals surface area contributed by atoms with Crippen LogP contribution in [0.25, 0.3) is 0 Å². The number of carbonyl (C=O) groups is 1. The maximum absolute atomic E-state index is 13.1. The molecule has 0 aliphatic carbocycles. The number of hydrogen-bond acceptors (Lipinski definition) is 12. The molecule has 62 heavy (non-hydrogen) atoms. The minimum Gasteiger partial charge on any atom is -0.726 e. The van der Waals surface area contributed by atoms with E-state index < -0.39 is 78.5 Å². The van der Waals surface area contributed by atoms with Crippen molar-refractivity contribution in [1.82, 2.24) is 5.32 Å². The van der Waals surface area contributed by atoms with Gasteiger partial charge in [-0.05, 0) is 19.3 Å². The van der Waals surface area contributed by atoms with Crippen LogP contribution in [0.2, 0.25) is 0 Å². The third-order valence-electron chi connectivity index (χ3n) is 12.2. The fourth-order valence-corrected chi connectivity index (χ4v) is 8.66. The first kappa shape index (κ1) is 58.8. The molecule has 0 aromatic carbocycles. The van der Waals surface area contributed by atoms with Crippen molar-refractivity contribution in [3.8, 4) is 0 Å². The SMILES string of the molecule is CCCCCCCCCCCCC/C=C/[C@@H](O)[C@H](CO[C@@H]1O[C@H](CO)[C@H](O)[C@H](OS(=O)(=O)[O-])[C@H]1O)NC(=O)[C@H](O)CCCCCCCCCCCCCCCCCCCCCC. The first-order valence-electron chi connectivity index (χ1n) is 25.2. The highest BCUT2D eigenvalue weighted by molar-refractivity contribution is 7.80. The first-order chi connectivity index (χ1) is 29.9. The fourth-order valence-electron chi connectivity index (χ4n) is 8.16. The smallest absolute Gasteiger partial charge is 0.249 e. The lowest BCUT2D eigenvalue weighted by Gasteiger charge is -2.42. The van der Waals surface area contributed by atoms with Gasteiger partial charge in [0.2, 0.25) is 16.3 Å². The number of unbranched alkanes of at least 4 members (excludes halogenated alkanes) is 30. The van der Waals surface area contributed by atoms with Gasteiger partial charge in [0.05, 0.1) is 25.4 Å². The van der Waals surface area contributed by atoms with Crippen LogP contribution in [0, 0.1) is 0 Å². The molecule has 1 aliphatic heterocycles. The van der Waals surface area contributed by atoms with Crippen LogP contribution in [0.5, 0.6) is 0 Å². The van der Waals surface area contributed by atoms with Gasteiger partial charge in [-0.15, -0.1) is 0 Å². The van der Waals surface area contributed by atoms with Gasteiger partial charge in [-0.25, -0.2) is 8.42 Å². The molecule has 0 aromatic heterocycles. The van der Waals surface area contributed by atoms with Gasteiger partial charge in [-0.2, -0.15) is 0 Å². The highest BCUT2D eigenvalue weighted by atomic mass is 32.3. The highest BCUT2D eigenvalue weighted by Crippen LogP contribution is 2.26.